The van der Waals surface area contributed by atoms with Gasteiger partial charge in [-0.05, 0) is 25.0 Å². The first-order valence-electron chi connectivity index (χ1n) is 11.0. The van der Waals surface area contributed by atoms with Crippen molar-refractivity contribution in [2.24, 2.45) is 0 Å². The van der Waals surface area contributed by atoms with E-state index in [0.717, 1.165) is 58.3 Å². The van der Waals surface area contributed by atoms with Crippen LogP contribution in [0.5, 0.6) is 0 Å². The summed E-state index contributed by atoms with van der Waals surface area (Å²) in [5.74, 6) is 0.396. The van der Waals surface area contributed by atoms with E-state index >= 15 is 0 Å². The average Bonchev–Trinajstić information content (AvgIpc) is 2.84. The minimum Gasteiger partial charge on any atom is -0.368 e. The standard InChI is InChI=1S/C23H31N5O3/c29-21(11-7-2-1-3-8-12-22(30)26-31)19-17-24-23(25-18-19)28-15-13-27(14-16-28)20-9-5-4-6-10-20/h4-6,9-10,17-18,31H,1-3,7-8,11-16H2,(H,26,30). The van der Waals surface area contributed by atoms with Crippen molar-refractivity contribution in [2.45, 2.75) is 44.9 Å². The van der Waals surface area contributed by atoms with Gasteiger partial charge in [-0.15, -0.1) is 0 Å². The number of hydrogen-bond donors (Lipinski definition) is 2. The topological polar surface area (TPSA) is 98.7 Å². The molecule has 8 heteroatoms. The lowest BCUT2D eigenvalue weighted by Gasteiger charge is -2.36. The molecule has 0 spiro atoms. The third-order valence-electron chi connectivity index (χ3n) is 5.58. The summed E-state index contributed by atoms with van der Waals surface area (Å²) in [4.78, 5) is 36.7. The number of nitrogens with one attached hydrogen (secondary N) is 1. The van der Waals surface area contributed by atoms with Crippen LogP contribution in [-0.2, 0) is 4.79 Å². The summed E-state index contributed by atoms with van der Waals surface area (Å²) in [5, 5.41) is 8.44. The summed E-state index contributed by atoms with van der Waals surface area (Å²) in [6, 6.07) is 10.4. The van der Waals surface area contributed by atoms with Gasteiger partial charge in [0.05, 0.1) is 5.56 Å². The number of carbonyl (C=O) groups is 2. The van der Waals surface area contributed by atoms with Crippen LogP contribution in [0.1, 0.15) is 55.3 Å². The van der Waals surface area contributed by atoms with Gasteiger partial charge in [0.15, 0.2) is 5.78 Å². The molecule has 31 heavy (non-hydrogen) atoms. The summed E-state index contributed by atoms with van der Waals surface area (Å²) in [6.45, 7) is 3.53. The van der Waals surface area contributed by atoms with Crippen LogP contribution in [0, 0.1) is 0 Å². The van der Waals surface area contributed by atoms with Gasteiger partial charge < -0.3 is 9.80 Å². The summed E-state index contributed by atoms with van der Waals surface area (Å²) < 4.78 is 0. The van der Waals surface area contributed by atoms with Gasteiger partial charge in [0, 0.05) is 57.1 Å². The van der Waals surface area contributed by atoms with Crippen molar-refractivity contribution < 1.29 is 14.8 Å². The second-order valence-electron chi connectivity index (χ2n) is 7.81. The molecule has 3 rings (SSSR count). The third kappa shape index (κ3) is 7.03. The molecule has 0 bridgehead atoms. The van der Waals surface area contributed by atoms with Crippen molar-refractivity contribution in [3.8, 4) is 0 Å². The monoisotopic (exact) mass is 425 g/mol. The largest absolute Gasteiger partial charge is 0.368 e. The van der Waals surface area contributed by atoms with Gasteiger partial charge in [0.25, 0.3) is 0 Å². The third-order valence-corrected chi connectivity index (χ3v) is 5.58. The van der Waals surface area contributed by atoms with E-state index in [-0.39, 0.29) is 11.7 Å². The lowest BCUT2D eigenvalue weighted by molar-refractivity contribution is -0.129. The Morgan fingerprint density at radius 2 is 1.42 bits per heavy atom. The number of anilines is 2. The molecule has 1 amide bonds. The molecule has 0 aliphatic carbocycles. The van der Waals surface area contributed by atoms with Crippen molar-refractivity contribution in [1.82, 2.24) is 15.4 Å². The number of Topliss-reactive ketones (excluding diaryl/α,β-unsaturated/α-hetero) is 1. The minimum absolute atomic E-state index is 0.0695. The van der Waals surface area contributed by atoms with E-state index in [9.17, 15) is 9.59 Å². The highest BCUT2D eigenvalue weighted by molar-refractivity contribution is 5.95. The molecule has 0 radical (unpaired) electrons. The quantitative estimate of drug-likeness (QED) is 0.247. The molecular formula is C23H31N5O3. The molecule has 2 N–H and O–H groups in total. The normalized spacial score (nSPS) is 13.8. The number of aromatic nitrogens is 2. The molecule has 0 atom stereocenters. The zero-order valence-corrected chi connectivity index (χ0v) is 17.9. The fourth-order valence-corrected chi connectivity index (χ4v) is 3.73. The number of ketones is 1. The first-order valence-corrected chi connectivity index (χ1v) is 11.0. The van der Waals surface area contributed by atoms with Gasteiger partial charge in [-0.25, -0.2) is 15.4 Å². The average molecular weight is 426 g/mol. The Kier molecular flexibility index (Phi) is 8.78. The summed E-state index contributed by atoms with van der Waals surface area (Å²) >= 11 is 0. The van der Waals surface area contributed by atoms with Gasteiger partial charge in [0.1, 0.15) is 0 Å². The van der Waals surface area contributed by atoms with E-state index in [0.29, 0.717) is 24.4 Å². The van der Waals surface area contributed by atoms with Gasteiger partial charge >= 0.3 is 0 Å². The maximum Gasteiger partial charge on any atom is 0.243 e. The van der Waals surface area contributed by atoms with Crippen LogP contribution < -0.4 is 15.3 Å². The van der Waals surface area contributed by atoms with Gasteiger partial charge in [-0.3, -0.25) is 14.8 Å². The van der Waals surface area contributed by atoms with E-state index in [1.165, 1.54) is 5.69 Å². The van der Waals surface area contributed by atoms with Crippen LogP contribution in [-0.4, -0.2) is 53.0 Å². The fourth-order valence-electron chi connectivity index (χ4n) is 3.73. The molecule has 166 valence electrons. The maximum atomic E-state index is 12.4. The zero-order valence-electron chi connectivity index (χ0n) is 17.9. The molecule has 1 aliphatic rings. The van der Waals surface area contributed by atoms with E-state index in [2.05, 4.69) is 44.0 Å². The molecule has 0 saturated carbocycles. The van der Waals surface area contributed by atoms with Crippen LogP contribution in [0.2, 0.25) is 0 Å². The van der Waals surface area contributed by atoms with Crippen LogP contribution >= 0.6 is 0 Å². The Hall–Kier alpha value is -3.00. The van der Waals surface area contributed by atoms with E-state index in [1.807, 2.05) is 6.07 Å². The van der Waals surface area contributed by atoms with Crippen LogP contribution in [0.4, 0.5) is 11.6 Å². The van der Waals surface area contributed by atoms with E-state index in [1.54, 1.807) is 17.9 Å². The lowest BCUT2D eigenvalue weighted by atomic mass is 10.1. The molecule has 8 nitrogen and oxygen atoms in total. The number of nitrogens with zero attached hydrogens (tertiary/aromatic N) is 4. The highest BCUT2D eigenvalue weighted by Crippen LogP contribution is 2.18. The highest BCUT2D eigenvalue weighted by atomic mass is 16.5. The van der Waals surface area contributed by atoms with Crippen molar-refractivity contribution in [3.05, 3.63) is 48.3 Å². The number of para-hydroxylation sites is 1. The summed E-state index contributed by atoms with van der Waals surface area (Å²) in [7, 11) is 0. The van der Waals surface area contributed by atoms with E-state index < -0.39 is 0 Å². The number of piperazine rings is 1. The predicted molar refractivity (Wildman–Crippen MR) is 119 cm³/mol. The molecule has 1 aliphatic heterocycles. The minimum atomic E-state index is -0.350. The molecule has 1 aromatic carbocycles. The van der Waals surface area contributed by atoms with E-state index in [4.69, 9.17) is 5.21 Å². The number of hydrogen-bond acceptors (Lipinski definition) is 7. The summed E-state index contributed by atoms with van der Waals surface area (Å²) in [5.41, 5.74) is 3.43. The number of carbonyl (C=O) groups excluding carboxylic acids is 2. The van der Waals surface area contributed by atoms with Crippen molar-refractivity contribution in [1.29, 1.82) is 0 Å². The Morgan fingerprint density at radius 3 is 2.06 bits per heavy atom. The van der Waals surface area contributed by atoms with Gasteiger partial charge in [0.2, 0.25) is 11.9 Å². The first kappa shape index (κ1) is 22.7. The Bertz CT molecular complexity index is 821. The summed E-state index contributed by atoms with van der Waals surface area (Å²) in [6.07, 6.45) is 8.48. The SMILES string of the molecule is O=C(CCCCCCCC(=O)c1cnc(N2CCN(c3ccccc3)CC2)nc1)NO. The number of amides is 1. The lowest BCUT2D eigenvalue weighted by Crippen LogP contribution is -2.47. The molecular weight excluding hydrogens is 394 g/mol. The fraction of sp³-hybridized carbons (Fsp3) is 0.478. The highest BCUT2D eigenvalue weighted by Gasteiger charge is 2.19. The number of hydroxylamine groups is 1. The van der Waals surface area contributed by atoms with Gasteiger partial charge in [-0.1, -0.05) is 37.5 Å². The second kappa shape index (κ2) is 12.0. The van der Waals surface area contributed by atoms with Gasteiger partial charge in [-0.2, -0.15) is 0 Å². The molecule has 1 aromatic heterocycles. The molecule has 1 fully saturated rings. The Labute approximate surface area is 183 Å². The Balaban J connectivity index is 1.36. The first-order chi connectivity index (χ1) is 15.2. The molecule has 0 unspecified atom stereocenters. The number of rotatable bonds is 11. The van der Waals surface area contributed by atoms with Crippen LogP contribution in [0.25, 0.3) is 0 Å². The maximum absolute atomic E-state index is 12.4. The molecule has 1 saturated heterocycles. The van der Waals surface area contributed by atoms with Crippen LogP contribution in [0.15, 0.2) is 42.7 Å². The number of benzene rings is 1. The second-order valence-corrected chi connectivity index (χ2v) is 7.81. The Morgan fingerprint density at radius 1 is 0.839 bits per heavy atom. The predicted octanol–water partition coefficient (Wildman–Crippen LogP) is 3.22. The zero-order chi connectivity index (χ0) is 21.9. The van der Waals surface area contributed by atoms with Crippen LogP contribution in [0.3, 0.4) is 0 Å². The molecule has 2 heterocycles. The van der Waals surface area contributed by atoms with Crippen molar-refractivity contribution in [3.63, 3.8) is 0 Å². The van der Waals surface area contributed by atoms with Crippen molar-refractivity contribution >= 4 is 23.3 Å². The smallest absolute Gasteiger partial charge is 0.243 e. The van der Waals surface area contributed by atoms with Crippen molar-refractivity contribution in [2.75, 3.05) is 36.0 Å². The molecule has 2 aromatic rings. The number of unbranched alkanes of at least 4 members (excludes halogenated alkanes) is 4.